The van der Waals surface area contributed by atoms with E-state index in [0.717, 1.165) is 27.3 Å². The van der Waals surface area contributed by atoms with Gasteiger partial charge in [0.05, 0.1) is 17.1 Å². The maximum absolute atomic E-state index is 4.78. The van der Waals surface area contributed by atoms with E-state index in [-0.39, 0.29) is 0 Å². The maximum atomic E-state index is 4.78. The Hall–Kier alpha value is -1.52. The Kier molecular flexibility index (Phi) is 2.93. The summed E-state index contributed by atoms with van der Waals surface area (Å²) in [5, 5.41) is 0. The molecule has 0 fully saturated rings. The van der Waals surface area contributed by atoms with Gasteiger partial charge in [0, 0.05) is 21.1 Å². The minimum atomic E-state index is 0.924. The Morgan fingerprint density at radius 3 is 2.70 bits per heavy atom. The molecule has 0 bridgehead atoms. The molecular weight excluding hydrogens is 332 g/mol. The van der Waals surface area contributed by atoms with Gasteiger partial charge in [0.1, 0.15) is 5.82 Å². The number of hydrogen-bond donors (Lipinski definition) is 0. The van der Waals surface area contributed by atoms with Crippen molar-refractivity contribution in [2.45, 2.75) is 10.6 Å². The molecule has 0 unspecified atom stereocenters. The van der Waals surface area contributed by atoms with Gasteiger partial charge in [-0.3, -0.25) is 0 Å². The monoisotopic (exact) mass is 342 g/mol. The van der Waals surface area contributed by atoms with E-state index < -0.39 is 0 Å². The fourth-order valence-electron chi connectivity index (χ4n) is 2.41. The van der Waals surface area contributed by atoms with E-state index in [1.165, 1.54) is 10.6 Å². The van der Waals surface area contributed by atoms with Crippen molar-refractivity contribution in [1.29, 1.82) is 0 Å². The van der Waals surface area contributed by atoms with Crippen LogP contribution in [0.3, 0.4) is 0 Å². The van der Waals surface area contributed by atoms with Gasteiger partial charge in [0.25, 0.3) is 0 Å². The predicted molar refractivity (Wildman–Crippen MR) is 86.3 cm³/mol. The van der Waals surface area contributed by atoms with Crippen LogP contribution in [0.25, 0.3) is 16.9 Å². The normalized spacial score (nSPS) is 12.8. The summed E-state index contributed by atoms with van der Waals surface area (Å²) in [4.78, 5) is 6.10. The fraction of sp³-hybridized carbons (Fsp3) is 0.0625. The molecule has 0 aliphatic carbocycles. The largest absolute Gasteiger partial charge is 0.301 e. The van der Waals surface area contributed by atoms with Crippen LogP contribution in [0.5, 0.6) is 0 Å². The van der Waals surface area contributed by atoms with Crippen LogP contribution in [0.15, 0.2) is 64.1 Å². The van der Waals surface area contributed by atoms with E-state index in [0.29, 0.717) is 0 Å². The lowest BCUT2D eigenvalue weighted by Gasteiger charge is -2.16. The van der Waals surface area contributed by atoms with Crippen LogP contribution < -0.4 is 0 Å². The van der Waals surface area contributed by atoms with Crippen LogP contribution in [0.1, 0.15) is 5.82 Å². The molecule has 2 nitrogen and oxygen atoms in total. The van der Waals surface area contributed by atoms with E-state index in [1.54, 1.807) is 0 Å². The van der Waals surface area contributed by atoms with Gasteiger partial charge >= 0.3 is 0 Å². The second kappa shape index (κ2) is 4.79. The van der Waals surface area contributed by atoms with Crippen LogP contribution in [0, 0.1) is 0 Å². The zero-order valence-corrected chi connectivity index (χ0v) is 13.0. The SMILES string of the molecule is Brc1ccc(-c2cn3c(n2)CSc2ccccc2-3)cc1. The zero-order valence-electron chi connectivity index (χ0n) is 10.6. The Morgan fingerprint density at radius 1 is 1.05 bits per heavy atom. The van der Waals surface area contributed by atoms with Gasteiger partial charge in [-0.15, -0.1) is 11.8 Å². The standard InChI is InChI=1S/C16H11BrN2S/c17-12-7-5-11(6-8-12)13-9-19-14-3-1-2-4-15(14)20-10-16(19)18-13/h1-9H,10H2. The van der Waals surface area contributed by atoms with E-state index in [2.05, 4.69) is 75.2 Å². The van der Waals surface area contributed by atoms with E-state index in [9.17, 15) is 0 Å². The molecule has 0 saturated heterocycles. The number of rotatable bonds is 1. The highest BCUT2D eigenvalue weighted by atomic mass is 79.9. The first-order valence-corrected chi connectivity index (χ1v) is 8.15. The van der Waals surface area contributed by atoms with E-state index >= 15 is 0 Å². The van der Waals surface area contributed by atoms with Crippen molar-refractivity contribution in [3.63, 3.8) is 0 Å². The zero-order chi connectivity index (χ0) is 13.5. The number of halogens is 1. The number of thioether (sulfide) groups is 1. The quantitative estimate of drug-likeness (QED) is 0.625. The first kappa shape index (κ1) is 12.2. The molecule has 20 heavy (non-hydrogen) atoms. The summed E-state index contributed by atoms with van der Waals surface area (Å²) in [5.41, 5.74) is 3.41. The average Bonchev–Trinajstić information content (AvgIpc) is 2.92. The number of benzene rings is 2. The minimum Gasteiger partial charge on any atom is -0.301 e. The third kappa shape index (κ3) is 2.00. The topological polar surface area (TPSA) is 17.8 Å². The number of aromatic nitrogens is 2. The van der Waals surface area contributed by atoms with Gasteiger partial charge in [-0.2, -0.15) is 0 Å². The summed E-state index contributed by atoms with van der Waals surface area (Å²) in [6.07, 6.45) is 2.14. The average molecular weight is 343 g/mol. The molecule has 0 N–H and O–H groups in total. The molecule has 0 saturated carbocycles. The third-order valence-corrected chi connectivity index (χ3v) is 4.99. The van der Waals surface area contributed by atoms with Crippen molar-refractivity contribution in [3.8, 4) is 16.9 Å². The van der Waals surface area contributed by atoms with E-state index in [4.69, 9.17) is 4.98 Å². The molecule has 0 radical (unpaired) electrons. The molecule has 2 aromatic carbocycles. The molecule has 0 amide bonds. The maximum Gasteiger partial charge on any atom is 0.124 e. The lowest BCUT2D eigenvalue weighted by molar-refractivity contribution is 0.922. The van der Waals surface area contributed by atoms with Crippen LogP contribution >= 0.6 is 27.7 Å². The Labute approximate surface area is 130 Å². The van der Waals surface area contributed by atoms with Crippen molar-refractivity contribution < 1.29 is 0 Å². The number of imidazole rings is 1. The van der Waals surface area contributed by atoms with Crippen molar-refractivity contribution in [3.05, 3.63) is 65.0 Å². The molecule has 0 spiro atoms. The Morgan fingerprint density at radius 2 is 1.85 bits per heavy atom. The molecule has 4 heteroatoms. The second-order valence-corrected chi connectivity index (χ2v) is 6.61. The molecule has 0 atom stereocenters. The van der Waals surface area contributed by atoms with Crippen LogP contribution in [0.2, 0.25) is 0 Å². The highest BCUT2D eigenvalue weighted by Gasteiger charge is 2.18. The van der Waals surface area contributed by atoms with Crippen molar-refractivity contribution in [1.82, 2.24) is 9.55 Å². The van der Waals surface area contributed by atoms with Gasteiger partial charge < -0.3 is 4.57 Å². The molecule has 4 rings (SSSR count). The van der Waals surface area contributed by atoms with Crippen LogP contribution in [-0.2, 0) is 5.75 Å². The van der Waals surface area contributed by atoms with Crippen molar-refractivity contribution in [2.24, 2.45) is 0 Å². The first-order valence-electron chi connectivity index (χ1n) is 6.38. The summed E-state index contributed by atoms with van der Waals surface area (Å²) in [5.74, 6) is 2.04. The minimum absolute atomic E-state index is 0.924. The summed E-state index contributed by atoms with van der Waals surface area (Å²) < 4.78 is 3.30. The van der Waals surface area contributed by atoms with Gasteiger partial charge in [0.15, 0.2) is 0 Å². The van der Waals surface area contributed by atoms with Gasteiger partial charge in [-0.1, -0.05) is 40.2 Å². The summed E-state index contributed by atoms with van der Waals surface area (Å²) in [6.45, 7) is 0. The molecule has 98 valence electrons. The van der Waals surface area contributed by atoms with Gasteiger partial charge in [-0.05, 0) is 24.3 Å². The lowest BCUT2D eigenvalue weighted by atomic mass is 10.2. The molecule has 1 aromatic heterocycles. The van der Waals surface area contributed by atoms with Crippen molar-refractivity contribution in [2.75, 3.05) is 0 Å². The number of fused-ring (bicyclic) bond motifs is 3. The van der Waals surface area contributed by atoms with E-state index in [1.807, 2.05) is 11.8 Å². The molecule has 1 aliphatic heterocycles. The summed E-state index contributed by atoms with van der Waals surface area (Å²) in [7, 11) is 0. The number of nitrogens with zero attached hydrogens (tertiary/aromatic N) is 2. The van der Waals surface area contributed by atoms with Crippen molar-refractivity contribution >= 4 is 27.7 Å². The third-order valence-electron chi connectivity index (χ3n) is 3.40. The first-order chi connectivity index (χ1) is 9.81. The highest BCUT2D eigenvalue weighted by molar-refractivity contribution is 9.10. The molecule has 2 heterocycles. The number of hydrogen-bond acceptors (Lipinski definition) is 2. The fourth-order valence-corrected chi connectivity index (χ4v) is 3.65. The summed E-state index contributed by atoms with van der Waals surface area (Å²) in [6, 6.07) is 16.8. The smallest absolute Gasteiger partial charge is 0.124 e. The predicted octanol–water partition coefficient (Wildman–Crippen LogP) is 4.91. The van der Waals surface area contributed by atoms with Crippen LogP contribution in [0.4, 0.5) is 0 Å². The lowest BCUT2D eigenvalue weighted by Crippen LogP contribution is -2.04. The van der Waals surface area contributed by atoms with Crippen LogP contribution in [-0.4, -0.2) is 9.55 Å². The molecule has 1 aliphatic rings. The number of para-hydroxylation sites is 1. The molecular formula is C16H11BrN2S. The summed E-state index contributed by atoms with van der Waals surface area (Å²) >= 11 is 5.32. The van der Waals surface area contributed by atoms with Gasteiger partial charge in [0.2, 0.25) is 0 Å². The Bertz CT molecular complexity index is 777. The second-order valence-electron chi connectivity index (χ2n) is 4.68. The Balaban J connectivity index is 1.84. The van der Waals surface area contributed by atoms with Gasteiger partial charge in [-0.25, -0.2) is 4.98 Å². The highest BCUT2D eigenvalue weighted by Crippen LogP contribution is 2.36. The molecule has 3 aromatic rings.